The molecule has 2 aliphatic rings. The van der Waals surface area contributed by atoms with Crippen molar-refractivity contribution in [2.45, 2.75) is 32.5 Å². The molecule has 2 N–H and O–H groups in total. The first-order valence-corrected chi connectivity index (χ1v) is 9.23. The van der Waals surface area contributed by atoms with Crippen LogP contribution in [0.15, 0.2) is 47.8 Å². The Morgan fingerprint density at radius 2 is 2.07 bits per heavy atom. The lowest BCUT2D eigenvalue weighted by Gasteiger charge is -2.41. The second kappa shape index (κ2) is 7.75. The molecule has 0 spiro atoms. The summed E-state index contributed by atoms with van der Waals surface area (Å²) < 4.78 is 16.3. The van der Waals surface area contributed by atoms with E-state index in [4.69, 9.17) is 14.2 Å². The van der Waals surface area contributed by atoms with Gasteiger partial charge in [0.15, 0.2) is 5.60 Å². The van der Waals surface area contributed by atoms with Gasteiger partial charge >= 0.3 is 5.97 Å². The van der Waals surface area contributed by atoms with E-state index in [1.165, 1.54) is 32.2 Å². The van der Waals surface area contributed by atoms with Crippen molar-refractivity contribution in [3.8, 4) is 11.5 Å². The van der Waals surface area contributed by atoms with Crippen LogP contribution in [0.3, 0.4) is 0 Å². The van der Waals surface area contributed by atoms with Crippen LogP contribution in [0.1, 0.15) is 29.8 Å². The highest BCUT2D eigenvalue weighted by molar-refractivity contribution is 6.03. The summed E-state index contributed by atoms with van der Waals surface area (Å²) in [5.41, 5.74) is -0.648. The van der Waals surface area contributed by atoms with Crippen LogP contribution in [0.2, 0.25) is 0 Å². The fourth-order valence-electron chi connectivity index (χ4n) is 3.62. The van der Waals surface area contributed by atoms with Crippen molar-refractivity contribution in [3.63, 3.8) is 0 Å². The third-order valence-corrected chi connectivity index (χ3v) is 5.24. The maximum atomic E-state index is 12.9. The first-order chi connectivity index (χ1) is 13.7. The van der Waals surface area contributed by atoms with Gasteiger partial charge in [-0.1, -0.05) is 6.08 Å². The Balaban J connectivity index is 1.94. The van der Waals surface area contributed by atoms with E-state index in [-0.39, 0.29) is 23.7 Å². The number of ketones is 1. The molecule has 1 aliphatic carbocycles. The first-order valence-electron chi connectivity index (χ1n) is 9.23. The van der Waals surface area contributed by atoms with Gasteiger partial charge in [0.1, 0.15) is 28.9 Å². The number of phenolic OH excluding ortho intramolecular Hbond substituents is 1. The van der Waals surface area contributed by atoms with Gasteiger partial charge in [0.2, 0.25) is 5.78 Å². The van der Waals surface area contributed by atoms with Gasteiger partial charge in [0.05, 0.1) is 13.7 Å². The molecule has 3 rings (SSSR count). The number of aliphatic hydroxyl groups excluding tert-OH is 1. The van der Waals surface area contributed by atoms with Gasteiger partial charge in [-0.2, -0.15) is 0 Å². The molecule has 1 aromatic rings. The van der Waals surface area contributed by atoms with Crippen molar-refractivity contribution in [1.29, 1.82) is 0 Å². The van der Waals surface area contributed by atoms with Crippen LogP contribution in [0, 0.1) is 12.8 Å². The molecular weight excluding hydrogens is 376 g/mol. The summed E-state index contributed by atoms with van der Waals surface area (Å²) >= 11 is 0. The van der Waals surface area contributed by atoms with Crippen molar-refractivity contribution in [2.75, 3.05) is 13.7 Å². The van der Waals surface area contributed by atoms with Gasteiger partial charge in [0, 0.05) is 12.0 Å². The topological polar surface area (TPSA) is 102 Å². The lowest BCUT2D eigenvalue weighted by atomic mass is 9.74. The maximum absolute atomic E-state index is 12.9. The van der Waals surface area contributed by atoms with Crippen molar-refractivity contribution in [3.05, 3.63) is 58.9 Å². The molecular formula is C22H24O7. The number of methoxy groups -OCH3 is 1. The van der Waals surface area contributed by atoms with E-state index in [0.717, 1.165) is 0 Å². The minimum atomic E-state index is -1.78. The Kier molecular flexibility index (Phi) is 5.53. The SMILES string of the molecule is CC=CC1=CC2=CC(=O)[C@](C)(OC(=O)c3c(C)cc(O)cc3OC)[C@@H](O)[C@@H]2CO1. The number of benzene rings is 1. The monoisotopic (exact) mass is 400 g/mol. The zero-order valence-corrected chi connectivity index (χ0v) is 16.8. The summed E-state index contributed by atoms with van der Waals surface area (Å²) in [5.74, 6) is -1.20. The number of allylic oxidation sites excluding steroid dienone is 3. The van der Waals surface area contributed by atoms with Gasteiger partial charge in [0.25, 0.3) is 0 Å². The molecule has 0 radical (unpaired) electrons. The van der Waals surface area contributed by atoms with E-state index in [0.29, 0.717) is 16.9 Å². The van der Waals surface area contributed by atoms with Crippen LogP contribution in [0.4, 0.5) is 0 Å². The van der Waals surface area contributed by atoms with Crippen molar-refractivity contribution < 1.29 is 34.0 Å². The third-order valence-electron chi connectivity index (χ3n) is 5.24. The smallest absolute Gasteiger partial charge is 0.343 e. The number of aliphatic hydroxyl groups is 1. The van der Waals surface area contributed by atoms with E-state index in [1.54, 1.807) is 19.1 Å². The minimum Gasteiger partial charge on any atom is -0.508 e. The van der Waals surface area contributed by atoms with E-state index in [9.17, 15) is 19.8 Å². The predicted molar refractivity (Wildman–Crippen MR) is 105 cm³/mol. The minimum absolute atomic E-state index is 0.0634. The predicted octanol–water partition coefficient (Wildman–Crippen LogP) is 2.60. The molecule has 0 saturated heterocycles. The highest BCUT2D eigenvalue weighted by Gasteiger charge is 2.52. The van der Waals surface area contributed by atoms with Gasteiger partial charge in [-0.15, -0.1) is 0 Å². The van der Waals surface area contributed by atoms with E-state index >= 15 is 0 Å². The molecule has 0 saturated carbocycles. The Morgan fingerprint density at radius 3 is 2.72 bits per heavy atom. The number of esters is 1. The number of hydrogen-bond acceptors (Lipinski definition) is 7. The second-order valence-electron chi connectivity index (χ2n) is 7.25. The van der Waals surface area contributed by atoms with Crippen molar-refractivity contribution in [2.24, 2.45) is 5.92 Å². The Morgan fingerprint density at radius 1 is 1.34 bits per heavy atom. The highest BCUT2D eigenvalue weighted by atomic mass is 16.6. The molecule has 154 valence electrons. The average Bonchev–Trinajstić information content (AvgIpc) is 2.66. The number of fused-ring (bicyclic) bond motifs is 1. The quantitative estimate of drug-likeness (QED) is 0.749. The average molecular weight is 400 g/mol. The zero-order valence-electron chi connectivity index (χ0n) is 16.8. The number of carbonyl (C=O) groups is 2. The lowest BCUT2D eigenvalue weighted by molar-refractivity contribution is -0.152. The molecule has 0 unspecified atom stereocenters. The Hall–Kier alpha value is -3.06. The van der Waals surface area contributed by atoms with Crippen LogP contribution < -0.4 is 4.74 Å². The normalized spacial score (nSPS) is 26.3. The molecule has 7 heteroatoms. The lowest BCUT2D eigenvalue weighted by Crippen LogP contribution is -2.57. The Bertz CT molecular complexity index is 941. The molecule has 1 aliphatic heterocycles. The van der Waals surface area contributed by atoms with E-state index in [1.807, 2.05) is 13.0 Å². The molecule has 3 atom stereocenters. The molecule has 0 fully saturated rings. The number of aromatic hydroxyl groups is 1. The number of ether oxygens (including phenoxy) is 3. The number of carbonyl (C=O) groups excluding carboxylic acids is 2. The molecule has 0 aromatic heterocycles. The standard InChI is InChI=1S/C22H24O7/c1-5-6-15-8-13-9-18(24)22(3,20(25)16(13)11-28-15)29-21(26)19-12(2)7-14(23)10-17(19)27-4/h5-10,16,20,23,25H,11H2,1-4H3/t16-,20+,22+/m1/s1. The highest BCUT2D eigenvalue weighted by Crippen LogP contribution is 2.38. The largest absolute Gasteiger partial charge is 0.508 e. The fraction of sp³-hybridized carbons (Fsp3) is 0.364. The van der Waals surface area contributed by atoms with Crippen LogP contribution in [0.25, 0.3) is 0 Å². The summed E-state index contributed by atoms with van der Waals surface area (Å²) in [5, 5.41) is 20.6. The first kappa shape index (κ1) is 20.7. The third kappa shape index (κ3) is 3.65. The van der Waals surface area contributed by atoms with Gasteiger partial charge < -0.3 is 24.4 Å². The van der Waals surface area contributed by atoms with Crippen LogP contribution in [-0.2, 0) is 14.3 Å². The summed E-state index contributed by atoms with van der Waals surface area (Å²) in [6.07, 6.45) is 5.38. The number of rotatable bonds is 4. The number of phenols is 1. The van der Waals surface area contributed by atoms with E-state index < -0.39 is 29.4 Å². The molecule has 29 heavy (non-hydrogen) atoms. The Labute approximate surface area is 168 Å². The van der Waals surface area contributed by atoms with E-state index in [2.05, 4.69) is 0 Å². The molecule has 7 nitrogen and oxygen atoms in total. The molecule has 0 bridgehead atoms. The number of aryl methyl sites for hydroxylation is 1. The summed E-state index contributed by atoms with van der Waals surface area (Å²) in [4.78, 5) is 25.7. The zero-order chi connectivity index (χ0) is 21.3. The second-order valence-corrected chi connectivity index (χ2v) is 7.25. The summed E-state index contributed by atoms with van der Waals surface area (Å²) in [6, 6.07) is 2.67. The molecule has 0 amide bonds. The van der Waals surface area contributed by atoms with Crippen molar-refractivity contribution in [1.82, 2.24) is 0 Å². The fourth-order valence-corrected chi connectivity index (χ4v) is 3.62. The van der Waals surface area contributed by atoms with Crippen LogP contribution >= 0.6 is 0 Å². The molecule has 1 heterocycles. The molecule has 1 aromatic carbocycles. The summed E-state index contributed by atoms with van der Waals surface area (Å²) in [7, 11) is 1.36. The van der Waals surface area contributed by atoms with Gasteiger partial charge in [-0.05, 0) is 56.2 Å². The number of hydrogen-bond donors (Lipinski definition) is 2. The van der Waals surface area contributed by atoms with Crippen LogP contribution in [-0.4, -0.2) is 47.4 Å². The maximum Gasteiger partial charge on any atom is 0.343 e. The van der Waals surface area contributed by atoms with Gasteiger partial charge in [-0.3, -0.25) is 4.79 Å². The van der Waals surface area contributed by atoms with Crippen LogP contribution in [0.5, 0.6) is 11.5 Å². The van der Waals surface area contributed by atoms with Gasteiger partial charge in [-0.25, -0.2) is 4.79 Å². The van der Waals surface area contributed by atoms with Crippen molar-refractivity contribution >= 4 is 11.8 Å². The summed E-state index contributed by atoms with van der Waals surface area (Å²) in [6.45, 7) is 5.01.